The van der Waals surface area contributed by atoms with Gasteiger partial charge < -0.3 is 35.2 Å². The van der Waals surface area contributed by atoms with E-state index in [0.29, 0.717) is 66.0 Å². The van der Waals surface area contributed by atoms with Crippen LogP contribution in [0.25, 0.3) is 0 Å². The van der Waals surface area contributed by atoms with Gasteiger partial charge in [-0.3, -0.25) is 19.2 Å². The van der Waals surface area contributed by atoms with Crippen LogP contribution in [0.1, 0.15) is 251 Å². The van der Waals surface area contributed by atoms with Gasteiger partial charge in [-0.1, -0.05) is 116 Å². The second-order valence-corrected chi connectivity index (χ2v) is 48.0. The molecule has 26 heteroatoms. The molecule has 3 unspecified atom stereocenters. The number of ether oxygens (including phenoxy) is 2. The highest BCUT2D eigenvalue weighted by Gasteiger charge is 2.45. The molecule has 0 spiro atoms. The summed E-state index contributed by atoms with van der Waals surface area (Å²) in [5.41, 5.74) is -1.37. The van der Waals surface area contributed by atoms with Crippen LogP contribution < -0.4 is 20.7 Å². The second-order valence-electron chi connectivity index (χ2n) is 36.9. The van der Waals surface area contributed by atoms with E-state index in [-0.39, 0.29) is 33.3 Å². The Morgan fingerprint density at radius 3 is 1.12 bits per heavy atom. The van der Waals surface area contributed by atoms with Crippen molar-refractivity contribution >= 4 is 62.7 Å². The molecule has 5 saturated heterocycles. The van der Waals surface area contributed by atoms with Gasteiger partial charge in [0.15, 0.2) is 39.3 Å². The van der Waals surface area contributed by atoms with E-state index >= 15 is 0 Å². The summed E-state index contributed by atoms with van der Waals surface area (Å²) < 4.78 is 138. The number of sulfone groups is 4. The number of piperidine rings is 3. The summed E-state index contributed by atoms with van der Waals surface area (Å²) in [7, 11) is -10.3. The van der Waals surface area contributed by atoms with Crippen LogP contribution in [0, 0.1) is 44.8 Å². The van der Waals surface area contributed by atoms with Crippen LogP contribution in [-0.4, -0.2) is 195 Å². The standard InChI is InChI=1S/C12H18O3S.C11H23NO2S.2C10H21NO2S.C9H17NO2.C9H17NO.C9H18O.C6H9F3O/c1-12(2,3)16(13,14)9-10-5-7-11(15-4)8-6-10;1-9-7-10(5-6-12-9)8-15(13,14)11(2,3)4;1-10(2,3)14(12,13)8-9-4-6-11-7-5-9;1-10(2,3)14(12,13)8-9-5-4-6-11-7-9;1-9(2,3)8(11)10-4-6-12-7-5-10;1-9(2,3)8(11)10-6-4-5-7-10;1-8(2,3)7(10)9(4,5)6;1-5(2,3)4(10)6(7,8)9/h5-8H,9H2,1-4H3;9-10,12H,5-8H2,1-4H3;2*9,11H,4-8H2,1-3H3;4-7H2,1-3H3;4-7H2,1-3H3;1-6H3;1-3H3. The van der Waals surface area contributed by atoms with Gasteiger partial charge >= 0.3 is 6.18 Å². The summed E-state index contributed by atoms with van der Waals surface area (Å²) >= 11 is 0. The molecular weight excluding hydrogens is 1390 g/mol. The van der Waals surface area contributed by atoms with E-state index < -0.39 is 75.7 Å². The quantitative estimate of drug-likeness (QED) is 0.207. The van der Waals surface area contributed by atoms with E-state index in [2.05, 4.69) is 22.9 Å². The summed E-state index contributed by atoms with van der Waals surface area (Å²) in [6.07, 6.45) is 3.77. The Kier molecular flexibility index (Phi) is 40.8. The van der Waals surface area contributed by atoms with Crippen LogP contribution in [0.3, 0.4) is 0 Å². The number of morpholine rings is 1. The predicted octanol–water partition coefficient (Wildman–Crippen LogP) is 13.8. The van der Waals surface area contributed by atoms with Gasteiger partial charge in [-0.15, -0.1) is 0 Å². The molecule has 5 aliphatic heterocycles. The second kappa shape index (κ2) is 41.3. The normalized spacial score (nSPS) is 19.5. The average Bonchev–Trinajstić information content (AvgIpc) is 1.03. The van der Waals surface area contributed by atoms with Crippen LogP contribution >= 0.6 is 0 Å². The van der Waals surface area contributed by atoms with Crippen LogP contribution in [0.2, 0.25) is 0 Å². The van der Waals surface area contributed by atoms with Crippen molar-refractivity contribution in [3.05, 3.63) is 29.8 Å². The number of ketones is 2. The molecule has 2 amide bonds. The fourth-order valence-electron chi connectivity index (χ4n) is 10.5. The van der Waals surface area contributed by atoms with Gasteiger partial charge in [0.25, 0.3) is 0 Å². The molecule has 0 aromatic heterocycles. The lowest BCUT2D eigenvalue weighted by atomic mass is 9.76. The zero-order valence-electron chi connectivity index (χ0n) is 68.8. The first-order valence-electron chi connectivity index (χ1n) is 36.5. The van der Waals surface area contributed by atoms with Gasteiger partial charge in [0.05, 0.1) is 62.3 Å². The highest BCUT2D eigenvalue weighted by Crippen LogP contribution is 2.31. The molecule has 5 heterocycles. The summed E-state index contributed by atoms with van der Waals surface area (Å²) in [5.74, 6) is 2.03. The van der Waals surface area contributed by atoms with E-state index in [4.69, 9.17) is 9.47 Å². The number of likely N-dealkylation sites (tertiary alicyclic amines) is 1. The maximum absolute atomic E-state index is 12.0. The highest BCUT2D eigenvalue weighted by atomic mass is 32.2. The molecule has 102 heavy (non-hydrogen) atoms. The lowest BCUT2D eigenvalue weighted by Gasteiger charge is -2.32. The van der Waals surface area contributed by atoms with Crippen molar-refractivity contribution in [1.82, 2.24) is 25.8 Å². The molecule has 602 valence electrons. The van der Waals surface area contributed by atoms with Crippen molar-refractivity contribution in [2.75, 3.05) is 96.5 Å². The Balaban J connectivity index is 0. The maximum atomic E-state index is 12.0. The summed E-state index contributed by atoms with van der Waals surface area (Å²) in [6, 6.07) is 7.56. The lowest BCUT2D eigenvalue weighted by molar-refractivity contribution is -0.179. The van der Waals surface area contributed by atoms with Crippen molar-refractivity contribution in [2.24, 2.45) is 44.8 Å². The number of hydrogen-bond acceptors (Lipinski definition) is 17. The molecule has 19 nitrogen and oxygen atoms in total. The van der Waals surface area contributed by atoms with Gasteiger partial charge in [0.2, 0.25) is 17.6 Å². The number of nitrogens with one attached hydrogen (secondary N) is 3. The van der Waals surface area contributed by atoms with E-state index in [0.717, 1.165) is 109 Å². The number of alkyl halides is 3. The first kappa shape index (κ1) is 101. The SMILES string of the molecule is CC(C)(C)C(=O)C(C)(C)C.CC(C)(C)C(=O)C(F)(F)F.CC(C)(C)C(=O)N1CCCC1.CC(C)(C)C(=O)N1CCOCC1.CC(C)(C)S(=O)(=O)CC1CCCNC1.CC(C)(C)S(=O)(=O)CC1CCNCC1.CC1CC(CS(=O)(=O)C(C)(C)C)CCN1.COc1ccc(CS(=O)(=O)C(C)(C)C)cc1. The number of Topliss-reactive ketones (excluding diaryl/α,β-unsaturated/α-hetero) is 2. The van der Waals surface area contributed by atoms with Crippen molar-refractivity contribution in [3.63, 3.8) is 0 Å². The zero-order chi connectivity index (χ0) is 80.6. The Bertz CT molecular complexity index is 3000. The average molecular weight is 1540 g/mol. The molecule has 1 aromatic carbocycles. The Morgan fingerprint density at radius 2 is 0.814 bits per heavy atom. The molecule has 0 saturated carbocycles. The molecule has 3 atom stereocenters. The number of benzene rings is 1. The van der Waals surface area contributed by atoms with Gasteiger partial charge in [0.1, 0.15) is 11.5 Å². The Hall–Kier alpha value is -3.27. The van der Waals surface area contributed by atoms with E-state index in [1.165, 1.54) is 33.6 Å². The maximum Gasteiger partial charge on any atom is 0.450 e. The fraction of sp³-hybridized carbons (Fsp3) is 0.868. The first-order chi connectivity index (χ1) is 45.5. The van der Waals surface area contributed by atoms with Crippen LogP contribution in [0.5, 0.6) is 5.75 Å². The van der Waals surface area contributed by atoms with Crippen molar-refractivity contribution in [2.45, 2.75) is 282 Å². The molecule has 1 aromatic rings. The smallest absolute Gasteiger partial charge is 0.450 e. The summed E-state index contributed by atoms with van der Waals surface area (Å²) in [6.45, 7) is 60.1. The van der Waals surface area contributed by atoms with Gasteiger partial charge in [-0.2, -0.15) is 13.2 Å². The fourth-order valence-corrected chi connectivity index (χ4v) is 15.9. The molecule has 5 fully saturated rings. The van der Waals surface area contributed by atoms with Crippen LogP contribution in [0.4, 0.5) is 13.2 Å². The minimum atomic E-state index is -4.70. The third kappa shape index (κ3) is 39.5. The van der Waals surface area contributed by atoms with Crippen molar-refractivity contribution in [3.8, 4) is 5.75 Å². The zero-order valence-corrected chi connectivity index (χ0v) is 72.0. The summed E-state index contributed by atoms with van der Waals surface area (Å²) in [4.78, 5) is 49.0. The van der Waals surface area contributed by atoms with Gasteiger partial charge in [0, 0.05) is 59.3 Å². The molecule has 0 aliphatic carbocycles. The molecule has 5 aliphatic rings. The number of methoxy groups -OCH3 is 1. The van der Waals surface area contributed by atoms with Crippen LogP contribution in [-0.2, 0) is 69.0 Å². The van der Waals surface area contributed by atoms with E-state index in [1.807, 2.05) is 92.9 Å². The number of halogens is 3. The number of carbonyl (C=O) groups is 4. The third-order valence-corrected chi connectivity index (χ3v) is 28.4. The molecule has 0 radical (unpaired) electrons. The topological polar surface area (TPSA) is 266 Å². The first-order valence-corrected chi connectivity index (χ1v) is 43.1. The number of amides is 2. The van der Waals surface area contributed by atoms with E-state index in [9.17, 15) is 66.0 Å². The van der Waals surface area contributed by atoms with Gasteiger partial charge in [-0.25, -0.2) is 33.7 Å². The molecular formula is C76H144F3N5O14S4. The van der Waals surface area contributed by atoms with Gasteiger partial charge in [-0.05, 0) is 210 Å². The van der Waals surface area contributed by atoms with E-state index in [1.54, 1.807) is 114 Å². The predicted molar refractivity (Wildman–Crippen MR) is 414 cm³/mol. The lowest BCUT2D eigenvalue weighted by Crippen LogP contribution is -2.45. The monoisotopic (exact) mass is 1540 g/mol. The minimum absolute atomic E-state index is 0.0699. The van der Waals surface area contributed by atoms with Crippen molar-refractivity contribution < 1.29 is 75.5 Å². The minimum Gasteiger partial charge on any atom is -0.497 e. The highest BCUT2D eigenvalue weighted by molar-refractivity contribution is 7.93. The van der Waals surface area contributed by atoms with Crippen molar-refractivity contribution in [1.29, 1.82) is 0 Å². The Morgan fingerprint density at radius 1 is 0.451 bits per heavy atom. The number of rotatable bonds is 9. The number of hydrogen-bond donors (Lipinski definition) is 3. The molecule has 6 rings (SSSR count). The Labute approximate surface area is 619 Å². The molecule has 3 N–H and O–H groups in total. The van der Waals surface area contributed by atoms with Crippen LogP contribution in [0.15, 0.2) is 24.3 Å². The number of carbonyl (C=O) groups excluding carboxylic acids is 4. The number of nitrogens with zero attached hydrogens (tertiary/aromatic N) is 2. The largest absolute Gasteiger partial charge is 0.497 e. The summed E-state index contributed by atoms with van der Waals surface area (Å²) in [5, 5.41) is 9.83. The third-order valence-electron chi connectivity index (χ3n) is 17.5. The molecule has 0 bridgehead atoms.